The van der Waals surface area contributed by atoms with Gasteiger partial charge >= 0.3 is 0 Å². The van der Waals surface area contributed by atoms with Crippen LogP contribution in [-0.2, 0) is 14.3 Å². The molecule has 0 saturated heterocycles. The van der Waals surface area contributed by atoms with Gasteiger partial charge in [-0.1, -0.05) is 29.3 Å². The number of aryl methyl sites for hydroxylation is 1. The van der Waals surface area contributed by atoms with Gasteiger partial charge in [-0.25, -0.2) is 0 Å². The molecule has 0 amide bonds. The summed E-state index contributed by atoms with van der Waals surface area (Å²) >= 11 is 0. The third-order valence-electron chi connectivity index (χ3n) is 2.73. The third-order valence-corrected chi connectivity index (χ3v) is 4.16. The first-order chi connectivity index (χ1) is 8.81. The lowest BCUT2D eigenvalue weighted by Gasteiger charge is -2.12. The van der Waals surface area contributed by atoms with E-state index in [2.05, 4.69) is 6.08 Å². The quantitative estimate of drug-likeness (QED) is 0.588. The summed E-state index contributed by atoms with van der Waals surface area (Å²) in [6.45, 7) is 7.74. The second kappa shape index (κ2) is 6.87. The van der Waals surface area contributed by atoms with E-state index in [-0.39, 0.29) is 11.0 Å². The summed E-state index contributed by atoms with van der Waals surface area (Å²) in [7, 11) is -3.65. The Morgan fingerprint density at radius 3 is 2.37 bits per heavy atom. The average molecular weight is 282 g/mol. The molecular formula is C15H22O3S. The van der Waals surface area contributed by atoms with Gasteiger partial charge in [-0.15, -0.1) is 0 Å². The Morgan fingerprint density at radius 2 is 1.84 bits per heavy atom. The number of hydrogen-bond donors (Lipinski definition) is 0. The largest absolute Gasteiger partial charge is 0.297 e. The maximum Gasteiger partial charge on any atom is 0.297 e. The standard InChI is InChI=1S/C15H22O3S/c1-12(2)6-5-7-14(4)18-19(16,17)15-10-8-13(3)9-11-15/h6,8-11,14H,5,7H2,1-4H3/t14-/m0/s1. The van der Waals surface area contributed by atoms with Crippen LogP contribution in [0.5, 0.6) is 0 Å². The summed E-state index contributed by atoms with van der Waals surface area (Å²) in [6.07, 6.45) is 3.28. The van der Waals surface area contributed by atoms with E-state index in [0.29, 0.717) is 6.42 Å². The molecule has 1 aromatic carbocycles. The molecule has 0 aliphatic carbocycles. The number of rotatable bonds is 6. The van der Waals surface area contributed by atoms with Crippen molar-refractivity contribution >= 4 is 10.1 Å². The van der Waals surface area contributed by atoms with Crippen molar-refractivity contribution in [2.75, 3.05) is 0 Å². The van der Waals surface area contributed by atoms with Gasteiger partial charge in [-0.3, -0.25) is 4.18 Å². The molecule has 0 N–H and O–H groups in total. The van der Waals surface area contributed by atoms with Gasteiger partial charge in [0.25, 0.3) is 10.1 Å². The van der Waals surface area contributed by atoms with Crippen LogP contribution in [0.3, 0.4) is 0 Å². The molecule has 0 fully saturated rings. The lowest BCUT2D eigenvalue weighted by atomic mass is 10.2. The minimum Gasteiger partial charge on any atom is -0.263 e. The Morgan fingerprint density at radius 1 is 1.26 bits per heavy atom. The zero-order chi connectivity index (χ0) is 14.5. The molecule has 1 aromatic rings. The second-order valence-electron chi connectivity index (χ2n) is 5.03. The first-order valence-corrected chi connectivity index (χ1v) is 7.85. The van der Waals surface area contributed by atoms with Crippen molar-refractivity contribution in [3.05, 3.63) is 41.5 Å². The average Bonchev–Trinajstić information content (AvgIpc) is 2.28. The smallest absolute Gasteiger partial charge is 0.263 e. The van der Waals surface area contributed by atoms with Crippen molar-refractivity contribution in [2.45, 2.75) is 51.5 Å². The zero-order valence-corrected chi connectivity index (χ0v) is 12.8. The van der Waals surface area contributed by atoms with E-state index in [9.17, 15) is 8.42 Å². The highest BCUT2D eigenvalue weighted by Crippen LogP contribution is 2.17. The molecule has 0 saturated carbocycles. The Hall–Kier alpha value is -1.13. The van der Waals surface area contributed by atoms with Gasteiger partial charge in [-0.05, 0) is 52.7 Å². The molecule has 0 bridgehead atoms. The van der Waals surface area contributed by atoms with E-state index in [4.69, 9.17) is 4.18 Å². The Kier molecular flexibility index (Phi) is 5.76. The molecule has 1 rings (SSSR count). The molecule has 0 radical (unpaired) electrons. The highest BCUT2D eigenvalue weighted by Gasteiger charge is 2.18. The first-order valence-electron chi connectivity index (χ1n) is 6.44. The number of allylic oxidation sites excluding steroid dienone is 2. The molecule has 0 spiro atoms. The van der Waals surface area contributed by atoms with Crippen molar-refractivity contribution in [3.63, 3.8) is 0 Å². The first kappa shape index (κ1) is 15.9. The lowest BCUT2D eigenvalue weighted by Crippen LogP contribution is -2.15. The summed E-state index contributed by atoms with van der Waals surface area (Å²) in [6, 6.07) is 6.69. The lowest BCUT2D eigenvalue weighted by molar-refractivity contribution is 0.219. The molecule has 0 aromatic heterocycles. The minimum atomic E-state index is -3.65. The van der Waals surface area contributed by atoms with Crippen LogP contribution in [0.15, 0.2) is 40.8 Å². The Balaban J connectivity index is 2.64. The fourth-order valence-corrected chi connectivity index (χ4v) is 2.74. The van der Waals surface area contributed by atoms with E-state index >= 15 is 0 Å². The summed E-state index contributed by atoms with van der Waals surface area (Å²) in [4.78, 5) is 0.215. The van der Waals surface area contributed by atoms with Crippen LogP contribution in [0.2, 0.25) is 0 Å². The predicted octanol–water partition coefficient (Wildman–Crippen LogP) is 3.84. The van der Waals surface area contributed by atoms with Gasteiger partial charge < -0.3 is 0 Å². The molecule has 0 unspecified atom stereocenters. The molecule has 0 aliphatic heterocycles. The Bertz CT molecular complexity index is 523. The Labute approximate surface area is 116 Å². The van der Waals surface area contributed by atoms with Gasteiger partial charge in [-0.2, -0.15) is 8.42 Å². The minimum absolute atomic E-state index is 0.215. The van der Waals surface area contributed by atoms with Gasteiger partial charge in [0, 0.05) is 0 Å². The molecule has 3 nitrogen and oxygen atoms in total. The normalized spacial score (nSPS) is 13.1. The molecular weight excluding hydrogens is 260 g/mol. The highest BCUT2D eigenvalue weighted by molar-refractivity contribution is 7.86. The topological polar surface area (TPSA) is 43.4 Å². The molecule has 1 atom stereocenters. The van der Waals surface area contributed by atoms with Crippen LogP contribution >= 0.6 is 0 Å². The van der Waals surface area contributed by atoms with E-state index in [1.807, 2.05) is 20.8 Å². The van der Waals surface area contributed by atoms with E-state index in [1.165, 1.54) is 5.57 Å². The molecule has 106 valence electrons. The van der Waals surface area contributed by atoms with Crippen LogP contribution < -0.4 is 0 Å². The molecule has 19 heavy (non-hydrogen) atoms. The predicted molar refractivity (Wildman–Crippen MR) is 77.6 cm³/mol. The summed E-state index contributed by atoms with van der Waals surface area (Å²) in [5.41, 5.74) is 2.25. The van der Waals surface area contributed by atoms with Gasteiger partial charge in [0.1, 0.15) is 0 Å². The van der Waals surface area contributed by atoms with Gasteiger partial charge in [0.2, 0.25) is 0 Å². The summed E-state index contributed by atoms with van der Waals surface area (Å²) in [5, 5.41) is 0. The molecule has 4 heteroatoms. The maximum atomic E-state index is 12.0. The monoisotopic (exact) mass is 282 g/mol. The summed E-state index contributed by atoms with van der Waals surface area (Å²) < 4.78 is 29.2. The molecule has 0 heterocycles. The van der Waals surface area contributed by atoms with Crippen molar-refractivity contribution in [1.29, 1.82) is 0 Å². The highest BCUT2D eigenvalue weighted by atomic mass is 32.2. The fraction of sp³-hybridized carbons (Fsp3) is 0.467. The second-order valence-corrected chi connectivity index (χ2v) is 6.60. The SMILES string of the molecule is CC(C)=CCC[C@H](C)OS(=O)(=O)c1ccc(C)cc1. The zero-order valence-electron chi connectivity index (χ0n) is 12.0. The van der Waals surface area contributed by atoms with E-state index in [1.54, 1.807) is 31.2 Å². The third kappa shape index (κ3) is 5.57. The van der Waals surface area contributed by atoms with Crippen molar-refractivity contribution in [3.8, 4) is 0 Å². The van der Waals surface area contributed by atoms with Crippen molar-refractivity contribution in [1.82, 2.24) is 0 Å². The number of benzene rings is 1. The fourth-order valence-electron chi connectivity index (χ4n) is 1.63. The van der Waals surface area contributed by atoms with Crippen LogP contribution in [0, 0.1) is 6.92 Å². The maximum absolute atomic E-state index is 12.0. The summed E-state index contributed by atoms with van der Waals surface area (Å²) in [5.74, 6) is 0. The van der Waals surface area contributed by atoms with E-state index in [0.717, 1.165) is 12.0 Å². The van der Waals surface area contributed by atoms with Crippen molar-refractivity contribution < 1.29 is 12.6 Å². The van der Waals surface area contributed by atoms with Crippen LogP contribution in [0.4, 0.5) is 0 Å². The van der Waals surface area contributed by atoms with Crippen LogP contribution in [0.25, 0.3) is 0 Å². The molecule has 0 aliphatic rings. The number of hydrogen-bond acceptors (Lipinski definition) is 3. The van der Waals surface area contributed by atoms with E-state index < -0.39 is 10.1 Å². The van der Waals surface area contributed by atoms with Crippen LogP contribution in [-0.4, -0.2) is 14.5 Å². The van der Waals surface area contributed by atoms with Gasteiger partial charge in [0.05, 0.1) is 11.0 Å². The van der Waals surface area contributed by atoms with Crippen LogP contribution in [0.1, 0.15) is 39.2 Å². The van der Waals surface area contributed by atoms with Gasteiger partial charge in [0.15, 0.2) is 0 Å². The van der Waals surface area contributed by atoms with Crippen molar-refractivity contribution in [2.24, 2.45) is 0 Å².